The van der Waals surface area contributed by atoms with E-state index >= 15 is 0 Å². The zero-order chi connectivity index (χ0) is 10.6. The minimum absolute atomic E-state index is 0.0236. The van der Waals surface area contributed by atoms with Crippen LogP contribution in [-0.2, 0) is 4.79 Å². The summed E-state index contributed by atoms with van der Waals surface area (Å²) in [5.41, 5.74) is 0. The zero-order valence-electron chi connectivity index (χ0n) is 8.92. The van der Waals surface area contributed by atoms with Gasteiger partial charge in [0, 0.05) is 13.6 Å². The van der Waals surface area contributed by atoms with Gasteiger partial charge in [0.05, 0.1) is 12.1 Å². The van der Waals surface area contributed by atoms with E-state index in [2.05, 4.69) is 11.2 Å². The van der Waals surface area contributed by atoms with Gasteiger partial charge in [-0.3, -0.25) is 10.1 Å². The Morgan fingerprint density at radius 3 is 3.07 bits per heavy atom. The molecule has 1 rings (SSSR count). The summed E-state index contributed by atoms with van der Waals surface area (Å²) in [4.78, 5) is 13.5. The average molecular weight is 194 g/mol. The number of carbonyl (C=O) groups is 1. The molecule has 0 spiro atoms. The van der Waals surface area contributed by atoms with Crippen molar-refractivity contribution in [3.8, 4) is 12.3 Å². The second-order valence-corrected chi connectivity index (χ2v) is 3.75. The average Bonchev–Trinajstić information content (AvgIpc) is 2.20. The molecular weight excluding hydrogens is 176 g/mol. The van der Waals surface area contributed by atoms with Crippen LogP contribution in [0.1, 0.15) is 26.2 Å². The number of piperidine rings is 1. The predicted octanol–water partition coefficient (Wildman–Crippen LogP) is 0.609. The Morgan fingerprint density at radius 2 is 2.50 bits per heavy atom. The van der Waals surface area contributed by atoms with Gasteiger partial charge >= 0.3 is 0 Å². The van der Waals surface area contributed by atoms with Gasteiger partial charge in [-0.1, -0.05) is 12.8 Å². The number of hydrogen-bond donors (Lipinski definition) is 1. The molecule has 0 bridgehead atoms. The van der Waals surface area contributed by atoms with Crippen LogP contribution in [0.4, 0.5) is 0 Å². The van der Waals surface area contributed by atoms with E-state index < -0.39 is 0 Å². The maximum absolute atomic E-state index is 11.7. The number of hydrogen-bond acceptors (Lipinski definition) is 2. The summed E-state index contributed by atoms with van der Waals surface area (Å²) < 4.78 is 0. The lowest BCUT2D eigenvalue weighted by atomic mass is 10.0. The largest absolute Gasteiger partial charge is 0.344 e. The summed E-state index contributed by atoms with van der Waals surface area (Å²) in [6.45, 7) is 2.89. The van der Waals surface area contributed by atoms with E-state index in [0.29, 0.717) is 0 Å². The zero-order valence-corrected chi connectivity index (χ0v) is 8.92. The highest BCUT2D eigenvalue weighted by atomic mass is 16.2. The van der Waals surface area contributed by atoms with Crippen LogP contribution in [0, 0.1) is 12.3 Å². The first-order chi connectivity index (χ1) is 6.69. The van der Waals surface area contributed by atoms with Crippen molar-refractivity contribution >= 4 is 5.91 Å². The lowest BCUT2D eigenvalue weighted by molar-refractivity contribution is -0.134. The van der Waals surface area contributed by atoms with Gasteiger partial charge in [0.15, 0.2) is 0 Å². The highest BCUT2D eigenvalue weighted by Gasteiger charge is 2.27. The molecule has 1 saturated heterocycles. The molecule has 1 aliphatic heterocycles. The molecule has 2 unspecified atom stereocenters. The first-order valence-electron chi connectivity index (χ1n) is 5.16. The number of amides is 1. The summed E-state index contributed by atoms with van der Waals surface area (Å²) in [5, 5.41) is 3.21. The molecule has 0 radical (unpaired) electrons. The molecule has 0 aromatic rings. The van der Waals surface area contributed by atoms with Gasteiger partial charge in [-0.15, -0.1) is 6.42 Å². The molecular formula is C11H18N2O. The first-order valence-corrected chi connectivity index (χ1v) is 5.16. The van der Waals surface area contributed by atoms with E-state index in [4.69, 9.17) is 6.42 Å². The van der Waals surface area contributed by atoms with E-state index in [1.165, 1.54) is 0 Å². The standard InChI is InChI=1S/C11H18N2O/c1-4-9(5-2)12-10-7-6-8-13(3)11(10)14/h1,9-10,12H,5-8H2,2-3H3. The van der Waals surface area contributed by atoms with Gasteiger partial charge in [-0.25, -0.2) is 0 Å². The molecule has 3 heteroatoms. The fourth-order valence-electron chi connectivity index (χ4n) is 1.71. The molecule has 1 N–H and O–H groups in total. The van der Waals surface area contributed by atoms with E-state index in [9.17, 15) is 4.79 Å². The number of rotatable bonds is 3. The van der Waals surface area contributed by atoms with Crippen LogP contribution in [0.15, 0.2) is 0 Å². The summed E-state index contributed by atoms with van der Waals surface area (Å²) in [5.74, 6) is 2.82. The van der Waals surface area contributed by atoms with E-state index in [1.807, 2.05) is 14.0 Å². The number of nitrogens with one attached hydrogen (secondary N) is 1. The molecule has 0 saturated carbocycles. The van der Waals surface area contributed by atoms with E-state index in [1.54, 1.807) is 4.90 Å². The fourth-order valence-corrected chi connectivity index (χ4v) is 1.71. The Kier molecular flexibility index (Phi) is 3.97. The lowest BCUT2D eigenvalue weighted by Gasteiger charge is -2.31. The van der Waals surface area contributed by atoms with Crippen LogP contribution in [0.2, 0.25) is 0 Å². The second kappa shape index (κ2) is 5.02. The SMILES string of the molecule is C#CC(CC)NC1CCCN(C)C1=O. The molecule has 2 atom stereocenters. The maximum atomic E-state index is 11.7. The number of likely N-dealkylation sites (N-methyl/N-ethyl adjacent to an activating group) is 1. The van der Waals surface area contributed by atoms with Crippen molar-refractivity contribution in [1.82, 2.24) is 10.2 Å². The van der Waals surface area contributed by atoms with Crippen molar-refractivity contribution < 1.29 is 4.79 Å². The van der Waals surface area contributed by atoms with Crippen molar-refractivity contribution in [3.63, 3.8) is 0 Å². The normalized spacial score (nSPS) is 24.5. The van der Waals surface area contributed by atoms with Crippen LogP contribution < -0.4 is 5.32 Å². The Labute approximate surface area is 85.9 Å². The smallest absolute Gasteiger partial charge is 0.239 e. The van der Waals surface area contributed by atoms with Crippen molar-refractivity contribution in [2.24, 2.45) is 0 Å². The third-order valence-electron chi connectivity index (χ3n) is 2.67. The number of carbonyl (C=O) groups excluding carboxylic acids is 1. The van der Waals surface area contributed by atoms with Gasteiger partial charge in [0.1, 0.15) is 0 Å². The van der Waals surface area contributed by atoms with Crippen LogP contribution in [0.3, 0.4) is 0 Å². The summed E-state index contributed by atoms with van der Waals surface area (Å²) >= 11 is 0. The molecule has 0 aliphatic carbocycles. The van der Waals surface area contributed by atoms with E-state index in [0.717, 1.165) is 25.8 Å². The maximum Gasteiger partial charge on any atom is 0.239 e. The number of likely N-dealkylation sites (tertiary alicyclic amines) is 1. The van der Waals surface area contributed by atoms with Crippen LogP contribution in [0.25, 0.3) is 0 Å². The minimum Gasteiger partial charge on any atom is -0.344 e. The van der Waals surface area contributed by atoms with Gasteiger partial charge in [-0.2, -0.15) is 0 Å². The highest BCUT2D eigenvalue weighted by Crippen LogP contribution is 2.10. The van der Waals surface area contributed by atoms with Gasteiger partial charge in [-0.05, 0) is 19.3 Å². The van der Waals surface area contributed by atoms with Gasteiger partial charge < -0.3 is 4.90 Å². The highest BCUT2D eigenvalue weighted by molar-refractivity contribution is 5.82. The Balaban J connectivity index is 2.51. The molecule has 78 valence electrons. The lowest BCUT2D eigenvalue weighted by Crippen LogP contribution is -2.51. The van der Waals surface area contributed by atoms with Crippen molar-refractivity contribution in [2.45, 2.75) is 38.3 Å². The summed E-state index contributed by atoms with van der Waals surface area (Å²) in [6, 6.07) is -0.0507. The molecule has 1 aliphatic rings. The molecule has 1 heterocycles. The molecule has 14 heavy (non-hydrogen) atoms. The van der Waals surface area contributed by atoms with Crippen LogP contribution in [-0.4, -0.2) is 36.5 Å². The number of nitrogens with zero attached hydrogens (tertiary/aromatic N) is 1. The summed E-state index contributed by atoms with van der Waals surface area (Å²) in [7, 11) is 1.84. The fraction of sp³-hybridized carbons (Fsp3) is 0.727. The monoisotopic (exact) mass is 194 g/mol. The van der Waals surface area contributed by atoms with E-state index in [-0.39, 0.29) is 18.0 Å². The van der Waals surface area contributed by atoms with Crippen molar-refractivity contribution in [1.29, 1.82) is 0 Å². The second-order valence-electron chi connectivity index (χ2n) is 3.75. The third-order valence-corrected chi connectivity index (χ3v) is 2.67. The topological polar surface area (TPSA) is 32.3 Å². The molecule has 1 amide bonds. The first kappa shape index (κ1) is 11.1. The Hall–Kier alpha value is -1.01. The van der Waals surface area contributed by atoms with Crippen molar-refractivity contribution in [2.75, 3.05) is 13.6 Å². The van der Waals surface area contributed by atoms with Crippen molar-refractivity contribution in [3.05, 3.63) is 0 Å². The molecule has 0 aromatic carbocycles. The van der Waals surface area contributed by atoms with Gasteiger partial charge in [0.25, 0.3) is 0 Å². The Morgan fingerprint density at radius 1 is 1.79 bits per heavy atom. The Bertz CT molecular complexity index is 244. The molecule has 3 nitrogen and oxygen atoms in total. The minimum atomic E-state index is -0.0743. The molecule has 1 fully saturated rings. The number of terminal acetylenes is 1. The van der Waals surface area contributed by atoms with Gasteiger partial charge in [0.2, 0.25) is 5.91 Å². The molecule has 0 aromatic heterocycles. The summed E-state index contributed by atoms with van der Waals surface area (Å²) in [6.07, 6.45) is 8.17. The van der Waals surface area contributed by atoms with Crippen LogP contribution >= 0.6 is 0 Å². The van der Waals surface area contributed by atoms with Crippen LogP contribution in [0.5, 0.6) is 0 Å². The predicted molar refractivity (Wildman–Crippen MR) is 56.7 cm³/mol. The quantitative estimate of drug-likeness (QED) is 0.668. The third kappa shape index (κ3) is 2.49.